The van der Waals surface area contributed by atoms with Gasteiger partial charge < -0.3 is 0 Å². The molecule has 2 heterocycles. The highest BCUT2D eigenvalue weighted by atomic mass is 19.1. The van der Waals surface area contributed by atoms with Crippen LogP contribution in [0.15, 0.2) is 48.5 Å². The van der Waals surface area contributed by atoms with Gasteiger partial charge in [-0.05, 0) is 30.2 Å². The van der Waals surface area contributed by atoms with Crippen LogP contribution in [-0.2, 0) is 16.1 Å². The molecule has 2 aliphatic rings. The number of halogens is 1. The van der Waals surface area contributed by atoms with Crippen LogP contribution in [0.3, 0.4) is 0 Å². The molecule has 1 atom stereocenters. The van der Waals surface area contributed by atoms with Gasteiger partial charge in [0.15, 0.2) is 0 Å². The smallest absolute Gasteiger partial charge is 0.262 e. The molecule has 1 unspecified atom stereocenters. The average Bonchev–Trinajstić information content (AvgIpc) is 2.90. The SMILES string of the molecule is O=C1CCC(N2C(=O)c3ccc(F)cc3C2=O)C(=O)N1Cc1ccccc1. The number of fused-ring (bicyclic) bond motifs is 1. The summed E-state index contributed by atoms with van der Waals surface area (Å²) in [7, 11) is 0. The summed E-state index contributed by atoms with van der Waals surface area (Å²) in [6.45, 7) is 0.0762. The normalized spacial score (nSPS) is 19.7. The van der Waals surface area contributed by atoms with Gasteiger partial charge in [-0.1, -0.05) is 30.3 Å². The number of carbonyl (C=O) groups is 4. The second-order valence-corrected chi connectivity index (χ2v) is 6.53. The van der Waals surface area contributed by atoms with Crippen molar-refractivity contribution in [2.24, 2.45) is 0 Å². The van der Waals surface area contributed by atoms with E-state index in [0.717, 1.165) is 27.5 Å². The molecule has 0 aliphatic carbocycles. The van der Waals surface area contributed by atoms with Crippen molar-refractivity contribution in [3.8, 4) is 0 Å². The standard InChI is InChI=1S/C20H15FN2O4/c21-13-6-7-14-15(10-13)19(26)23(18(14)25)16-8-9-17(24)22(20(16)27)11-12-4-2-1-3-5-12/h1-7,10,16H,8-9,11H2. The Morgan fingerprint density at radius 1 is 0.926 bits per heavy atom. The van der Waals surface area contributed by atoms with E-state index in [0.29, 0.717) is 0 Å². The minimum atomic E-state index is -1.07. The van der Waals surface area contributed by atoms with Gasteiger partial charge in [-0.25, -0.2) is 4.39 Å². The summed E-state index contributed by atoms with van der Waals surface area (Å²) in [5, 5.41) is 0. The molecule has 0 bridgehead atoms. The van der Waals surface area contributed by atoms with Crippen molar-refractivity contribution in [3.63, 3.8) is 0 Å². The van der Waals surface area contributed by atoms with Crippen molar-refractivity contribution < 1.29 is 23.6 Å². The Bertz CT molecular complexity index is 973. The van der Waals surface area contributed by atoms with Gasteiger partial charge in [-0.2, -0.15) is 0 Å². The maximum atomic E-state index is 13.5. The van der Waals surface area contributed by atoms with Gasteiger partial charge in [0.2, 0.25) is 5.91 Å². The van der Waals surface area contributed by atoms with E-state index < -0.39 is 29.6 Å². The highest BCUT2D eigenvalue weighted by Crippen LogP contribution is 2.30. The van der Waals surface area contributed by atoms with E-state index >= 15 is 0 Å². The fraction of sp³-hybridized carbons (Fsp3) is 0.200. The predicted octanol–water partition coefficient (Wildman–Crippen LogP) is 2.14. The van der Waals surface area contributed by atoms with E-state index in [1.807, 2.05) is 6.07 Å². The molecule has 2 aromatic rings. The van der Waals surface area contributed by atoms with Gasteiger partial charge >= 0.3 is 0 Å². The number of hydrogen-bond acceptors (Lipinski definition) is 4. The van der Waals surface area contributed by atoms with E-state index in [1.165, 1.54) is 6.07 Å². The van der Waals surface area contributed by atoms with Crippen LogP contribution in [0.25, 0.3) is 0 Å². The molecule has 0 N–H and O–H groups in total. The third-order valence-electron chi connectivity index (χ3n) is 4.86. The summed E-state index contributed by atoms with van der Waals surface area (Å²) in [5.74, 6) is -2.91. The Labute approximate surface area is 154 Å². The molecule has 27 heavy (non-hydrogen) atoms. The Kier molecular flexibility index (Phi) is 4.07. The number of amides is 4. The third-order valence-corrected chi connectivity index (χ3v) is 4.86. The van der Waals surface area contributed by atoms with E-state index in [4.69, 9.17) is 0 Å². The molecule has 0 saturated carbocycles. The lowest BCUT2D eigenvalue weighted by Gasteiger charge is -2.34. The van der Waals surface area contributed by atoms with Gasteiger partial charge in [-0.3, -0.25) is 29.0 Å². The van der Waals surface area contributed by atoms with Crippen LogP contribution in [0, 0.1) is 5.82 Å². The molecule has 7 heteroatoms. The highest BCUT2D eigenvalue weighted by molar-refractivity contribution is 6.23. The summed E-state index contributed by atoms with van der Waals surface area (Å²) < 4.78 is 13.5. The molecule has 0 spiro atoms. The summed E-state index contributed by atoms with van der Waals surface area (Å²) in [6, 6.07) is 11.3. The average molecular weight is 366 g/mol. The van der Waals surface area contributed by atoms with E-state index in [2.05, 4.69) is 0 Å². The molecule has 2 aliphatic heterocycles. The zero-order valence-corrected chi connectivity index (χ0v) is 14.2. The fourth-order valence-corrected chi connectivity index (χ4v) is 3.51. The first kappa shape index (κ1) is 17.1. The molecule has 0 aromatic heterocycles. The molecule has 6 nitrogen and oxygen atoms in total. The van der Waals surface area contributed by atoms with Gasteiger partial charge in [-0.15, -0.1) is 0 Å². The zero-order chi connectivity index (χ0) is 19.1. The summed E-state index contributed by atoms with van der Waals surface area (Å²) in [6.07, 6.45) is 0.113. The van der Waals surface area contributed by atoms with Crippen molar-refractivity contribution in [3.05, 3.63) is 71.0 Å². The number of piperidine rings is 1. The molecule has 2 aromatic carbocycles. The van der Waals surface area contributed by atoms with Crippen molar-refractivity contribution in [1.82, 2.24) is 9.80 Å². The van der Waals surface area contributed by atoms with Crippen molar-refractivity contribution in [2.45, 2.75) is 25.4 Å². The lowest BCUT2D eigenvalue weighted by molar-refractivity contribution is -0.152. The number of imide groups is 2. The Balaban J connectivity index is 1.63. The number of hydrogen-bond donors (Lipinski definition) is 0. The van der Waals surface area contributed by atoms with Crippen molar-refractivity contribution in [2.75, 3.05) is 0 Å². The summed E-state index contributed by atoms with van der Waals surface area (Å²) >= 11 is 0. The summed E-state index contributed by atoms with van der Waals surface area (Å²) in [5.41, 5.74) is 0.782. The monoisotopic (exact) mass is 366 g/mol. The highest BCUT2D eigenvalue weighted by Gasteiger charge is 2.47. The molecule has 4 rings (SSSR count). The van der Waals surface area contributed by atoms with Crippen LogP contribution in [0.1, 0.15) is 39.1 Å². The molecule has 4 amide bonds. The second-order valence-electron chi connectivity index (χ2n) is 6.53. The van der Waals surface area contributed by atoms with E-state index in [1.54, 1.807) is 24.3 Å². The molecule has 1 fully saturated rings. The second kappa shape index (κ2) is 6.42. The first-order chi connectivity index (χ1) is 13.0. The topological polar surface area (TPSA) is 74.8 Å². The maximum absolute atomic E-state index is 13.5. The van der Waals surface area contributed by atoms with Gasteiger partial charge in [0.25, 0.3) is 17.7 Å². The molecule has 0 radical (unpaired) electrons. The van der Waals surface area contributed by atoms with Crippen molar-refractivity contribution in [1.29, 1.82) is 0 Å². The minimum Gasteiger partial charge on any atom is -0.276 e. The van der Waals surface area contributed by atoms with Crippen molar-refractivity contribution >= 4 is 23.6 Å². The van der Waals surface area contributed by atoms with Crippen LogP contribution in [0.2, 0.25) is 0 Å². The number of benzene rings is 2. The number of rotatable bonds is 3. The first-order valence-electron chi connectivity index (χ1n) is 8.53. The minimum absolute atomic E-state index is 0.0466. The summed E-state index contributed by atoms with van der Waals surface area (Å²) in [4.78, 5) is 52.4. The van der Waals surface area contributed by atoms with Crippen LogP contribution >= 0.6 is 0 Å². The lowest BCUT2D eigenvalue weighted by Crippen LogP contribution is -2.55. The Morgan fingerprint density at radius 2 is 1.63 bits per heavy atom. The predicted molar refractivity (Wildman–Crippen MR) is 91.9 cm³/mol. The Morgan fingerprint density at radius 3 is 2.37 bits per heavy atom. The third kappa shape index (κ3) is 2.81. The molecular weight excluding hydrogens is 351 g/mol. The molecule has 1 saturated heterocycles. The first-order valence-corrected chi connectivity index (χ1v) is 8.53. The quantitative estimate of drug-likeness (QED) is 0.780. The van der Waals surface area contributed by atoms with E-state index in [9.17, 15) is 23.6 Å². The van der Waals surface area contributed by atoms with E-state index in [-0.39, 0.29) is 36.4 Å². The number of carbonyl (C=O) groups excluding carboxylic acids is 4. The number of nitrogens with zero attached hydrogens (tertiary/aromatic N) is 2. The van der Waals surface area contributed by atoms with Gasteiger partial charge in [0.1, 0.15) is 11.9 Å². The fourth-order valence-electron chi connectivity index (χ4n) is 3.51. The zero-order valence-electron chi connectivity index (χ0n) is 14.2. The van der Waals surface area contributed by atoms with Crippen LogP contribution in [-0.4, -0.2) is 39.5 Å². The maximum Gasteiger partial charge on any atom is 0.262 e. The van der Waals surface area contributed by atoms with Crippen LogP contribution < -0.4 is 0 Å². The van der Waals surface area contributed by atoms with Gasteiger partial charge in [0, 0.05) is 6.42 Å². The molecule has 136 valence electrons. The lowest BCUT2D eigenvalue weighted by atomic mass is 10.0. The largest absolute Gasteiger partial charge is 0.276 e. The van der Waals surface area contributed by atoms with Crippen LogP contribution in [0.4, 0.5) is 4.39 Å². The number of likely N-dealkylation sites (tertiary alicyclic amines) is 1. The molecular formula is C20H15FN2O4. The van der Waals surface area contributed by atoms with Gasteiger partial charge in [0.05, 0.1) is 17.7 Å². The van der Waals surface area contributed by atoms with Crippen LogP contribution in [0.5, 0.6) is 0 Å². The Hall–Kier alpha value is -3.35.